The fourth-order valence-electron chi connectivity index (χ4n) is 13.2. The number of aryl methyl sites for hydroxylation is 6. The van der Waals surface area contributed by atoms with Gasteiger partial charge in [-0.25, -0.2) is 19.9 Å². The Kier molecular flexibility index (Phi) is 13.9. The Hall–Kier alpha value is -8.67. The smallest absolute Gasteiger partial charge is 0.657 e. The Morgan fingerprint density at radius 2 is 0.663 bits per heavy atom. The molecule has 0 N–H and O–H groups in total. The van der Waals surface area contributed by atoms with Crippen LogP contribution in [0.5, 0.6) is 0 Å². The minimum Gasteiger partial charge on any atom is -0.657 e. The molecule has 0 radical (unpaired) electrons. The molecule has 0 spiro atoms. The van der Waals surface area contributed by atoms with Gasteiger partial charge < -0.3 is 19.9 Å². The quantitative estimate of drug-likeness (QED) is 0.125. The second kappa shape index (κ2) is 21.7. The van der Waals surface area contributed by atoms with Crippen LogP contribution in [0, 0.1) is 27.7 Å². The standard InChI is InChI=1S/C76H58N8.2Zn/c1-7-9-11-49-55-29-33-59(77-55)67(45-21-13-41(3)14-22-45)63-37-51-53-39-65-69(47-25-17-43(5)18-26-47)61-35-31-57(79-61)50(12-10-8-2)58-32-36-62(80-58)70(48-27-19-44(6)20-28-48)66-40-54-52-38-64(68(60-34-30-56(49)78-60)46-23-15-42(4)16-24-46)82-74(52)71(73(51)81-63)72(75(53)83-65)76(54)84-66;;/h13-40H,7-12H2,1-6H3;;/q-4;2*+2. The van der Waals surface area contributed by atoms with Gasteiger partial charge in [0.25, 0.3) is 0 Å². The molecule has 0 fully saturated rings. The van der Waals surface area contributed by atoms with E-state index >= 15 is 0 Å². The molecule has 0 atom stereocenters. The van der Waals surface area contributed by atoms with Crippen molar-refractivity contribution in [2.45, 2.75) is 80.1 Å². The topological polar surface area (TPSA) is 108 Å². The molecule has 86 heavy (non-hydrogen) atoms. The molecule has 16 bridgehead atoms. The van der Waals surface area contributed by atoms with Crippen LogP contribution in [-0.2, 0) is 51.8 Å². The van der Waals surface area contributed by atoms with Crippen LogP contribution >= 0.6 is 0 Å². The van der Waals surface area contributed by atoms with Crippen molar-refractivity contribution >= 4 is 123 Å². The van der Waals surface area contributed by atoms with E-state index in [0.717, 1.165) is 215 Å². The average Bonchev–Trinajstić information content (AvgIpc) is 1.55. The largest absolute Gasteiger partial charge is 2.00 e. The van der Waals surface area contributed by atoms with Crippen molar-refractivity contribution in [1.29, 1.82) is 0 Å². The molecule has 0 saturated heterocycles. The molecular formula is C76H58N8Zn2. The maximum atomic E-state index is 5.92. The zero-order valence-corrected chi connectivity index (χ0v) is 55.3. The third-order valence-corrected chi connectivity index (χ3v) is 17.6. The van der Waals surface area contributed by atoms with Gasteiger partial charge in [-0.1, -0.05) is 182 Å². The summed E-state index contributed by atoms with van der Waals surface area (Å²) in [7, 11) is 0. The van der Waals surface area contributed by atoms with Crippen molar-refractivity contribution in [2.75, 3.05) is 0 Å². The van der Waals surface area contributed by atoms with Crippen LogP contribution in [0.4, 0.5) is 0 Å². The van der Waals surface area contributed by atoms with E-state index in [9.17, 15) is 0 Å². The Morgan fingerprint density at radius 1 is 0.326 bits per heavy atom. The minimum absolute atomic E-state index is 0. The van der Waals surface area contributed by atoms with Crippen LogP contribution < -0.4 is 19.9 Å². The summed E-state index contributed by atoms with van der Waals surface area (Å²) in [5, 5.41) is 5.74. The molecule has 16 rings (SSSR count). The summed E-state index contributed by atoms with van der Waals surface area (Å²) >= 11 is 0. The number of nitrogens with zero attached hydrogens (tertiary/aromatic N) is 8. The minimum atomic E-state index is 0. The maximum absolute atomic E-state index is 5.92. The second-order valence-electron chi connectivity index (χ2n) is 23.4. The van der Waals surface area contributed by atoms with Crippen LogP contribution in [0.2, 0.25) is 0 Å². The molecule has 14 aromatic rings. The van der Waals surface area contributed by atoms with E-state index in [4.69, 9.17) is 39.9 Å². The first-order chi connectivity index (χ1) is 41.1. The summed E-state index contributed by atoms with van der Waals surface area (Å²) in [5.74, 6) is 0. The van der Waals surface area contributed by atoms with E-state index in [-0.39, 0.29) is 39.0 Å². The van der Waals surface area contributed by atoms with Crippen molar-refractivity contribution in [3.05, 3.63) is 202 Å². The Morgan fingerprint density at radius 3 is 1.02 bits per heavy atom. The van der Waals surface area contributed by atoms with Gasteiger partial charge in [-0.2, -0.15) is 0 Å². The van der Waals surface area contributed by atoms with Crippen LogP contribution in [0.3, 0.4) is 0 Å². The van der Waals surface area contributed by atoms with Crippen molar-refractivity contribution < 1.29 is 39.0 Å². The van der Waals surface area contributed by atoms with Gasteiger partial charge in [-0.15, -0.1) is 44.1 Å². The molecule has 8 aromatic heterocycles. The van der Waals surface area contributed by atoms with Crippen molar-refractivity contribution in [1.82, 2.24) is 39.9 Å². The predicted octanol–water partition coefficient (Wildman–Crippen LogP) is 18.7. The summed E-state index contributed by atoms with van der Waals surface area (Å²) in [6.07, 6.45) is 14.5. The van der Waals surface area contributed by atoms with Crippen LogP contribution in [0.25, 0.3) is 167 Å². The summed E-state index contributed by atoms with van der Waals surface area (Å²) in [4.78, 5) is 46.1. The fraction of sp³-hybridized carbons (Fsp3) is 0.158. The fourth-order valence-corrected chi connectivity index (χ4v) is 13.2. The van der Waals surface area contributed by atoms with Crippen LogP contribution in [0.15, 0.2) is 146 Å². The molecule has 8 nitrogen and oxygen atoms in total. The summed E-state index contributed by atoms with van der Waals surface area (Å²) in [5.41, 5.74) is 28.7. The molecule has 10 heteroatoms. The monoisotopic (exact) mass is 1210 g/mol. The summed E-state index contributed by atoms with van der Waals surface area (Å²) < 4.78 is 0. The van der Waals surface area contributed by atoms with Crippen LogP contribution in [-0.4, -0.2) is 19.9 Å². The SMILES string of the molecule is CCCCc1c2nc(c(-c3ccc(C)cc3)c3cc4c5cc6nc5c5c7[n-]c(cc7c7cc(nc7c5c4[n-]3)c(-c3ccc(C)cc3)c3ccc1[n-]3)c(-c1ccc(C)cc1)c1nc(c(CCCC)c3ccc([n-]3)c6-c3ccc(C)cc3)C=C1)C=C2.[Zn+2].[Zn+2]. The number of hydrogen-bond donors (Lipinski definition) is 0. The molecule has 6 aromatic carbocycles. The third kappa shape index (κ3) is 8.98. The Bertz CT molecular complexity index is 4960. The molecule has 406 valence electrons. The molecule has 0 amide bonds. The van der Waals surface area contributed by atoms with Gasteiger partial charge in [-0.3, -0.25) is 0 Å². The number of fused-ring (bicyclic) bond motifs is 14. The van der Waals surface area contributed by atoms with Crippen molar-refractivity contribution in [3.63, 3.8) is 0 Å². The van der Waals surface area contributed by atoms with E-state index < -0.39 is 0 Å². The van der Waals surface area contributed by atoms with E-state index in [1.165, 1.54) is 22.3 Å². The number of rotatable bonds is 10. The maximum Gasteiger partial charge on any atom is 2.00 e. The Labute approximate surface area is 524 Å². The van der Waals surface area contributed by atoms with Gasteiger partial charge in [0.05, 0.1) is 44.8 Å². The molecule has 2 aliphatic heterocycles. The van der Waals surface area contributed by atoms with E-state index in [2.05, 4.69) is 211 Å². The van der Waals surface area contributed by atoms with Gasteiger partial charge in [-0.05, 0) is 167 Å². The first-order valence-electron chi connectivity index (χ1n) is 29.7. The van der Waals surface area contributed by atoms with E-state index in [0.29, 0.717) is 0 Å². The molecular weight excluding hydrogens is 1160 g/mol. The molecule has 0 unspecified atom stereocenters. The molecule has 10 heterocycles. The Balaban J connectivity index is 0.00000327. The van der Waals surface area contributed by atoms with Crippen molar-refractivity contribution in [2.24, 2.45) is 0 Å². The normalized spacial score (nSPS) is 12.3. The molecule has 0 saturated carbocycles. The molecule has 0 aliphatic carbocycles. The third-order valence-electron chi connectivity index (χ3n) is 17.6. The van der Waals surface area contributed by atoms with Crippen molar-refractivity contribution in [3.8, 4) is 44.5 Å². The number of benzene rings is 6. The average molecular weight is 1210 g/mol. The van der Waals surface area contributed by atoms with Gasteiger partial charge in [0.15, 0.2) is 0 Å². The number of unbranched alkanes of at least 4 members (excludes halogenated alkanes) is 2. The summed E-state index contributed by atoms with van der Waals surface area (Å²) in [6.45, 7) is 13.0. The number of hydrogen-bond acceptors (Lipinski definition) is 4. The van der Waals surface area contributed by atoms with Gasteiger partial charge in [0.2, 0.25) is 0 Å². The second-order valence-corrected chi connectivity index (χ2v) is 23.4. The zero-order valence-electron chi connectivity index (χ0n) is 49.4. The van der Waals surface area contributed by atoms with Gasteiger partial charge >= 0.3 is 39.0 Å². The zero-order chi connectivity index (χ0) is 56.5. The first kappa shape index (κ1) is 55.2. The molecule has 2 aliphatic rings. The van der Waals surface area contributed by atoms with E-state index in [1.54, 1.807) is 0 Å². The van der Waals surface area contributed by atoms with Crippen LogP contribution in [0.1, 0.15) is 95.7 Å². The summed E-state index contributed by atoms with van der Waals surface area (Å²) in [6, 6.07) is 53.0. The van der Waals surface area contributed by atoms with Gasteiger partial charge in [0.1, 0.15) is 0 Å². The van der Waals surface area contributed by atoms with Gasteiger partial charge in [0, 0.05) is 10.8 Å². The predicted molar refractivity (Wildman–Crippen MR) is 351 cm³/mol. The first-order valence-corrected chi connectivity index (χ1v) is 29.7. The van der Waals surface area contributed by atoms with E-state index in [1.807, 2.05) is 0 Å². The number of aromatic nitrogens is 8.